The molecular weight excluding hydrogens is 350 g/mol. The molecule has 5 nitrogen and oxygen atoms in total. The molecule has 0 radical (unpaired) electrons. The minimum atomic E-state index is -0.420. The second-order valence-corrected chi connectivity index (χ2v) is 7.65. The van der Waals surface area contributed by atoms with Gasteiger partial charge in [-0.3, -0.25) is 14.4 Å². The molecule has 2 atom stereocenters. The lowest BCUT2D eigenvalue weighted by Crippen LogP contribution is -2.43. The fraction of sp³-hybridized carbons (Fsp3) is 0.348. The van der Waals surface area contributed by atoms with E-state index < -0.39 is 6.10 Å². The molecule has 1 aliphatic heterocycles. The van der Waals surface area contributed by atoms with E-state index in [9.17, 15) is 9.90 Å². The Labute approximate surface area is 165 Å². The first-order valence-electron chi connectivity index (χ1n) is 9.84. The third kappa shape index (κ3) is 3.43. The van der Waals surface area contributed by atoms with Crippen LogP contribution in [0.15, 0.2) is 65.5 Å². The number of hydrogen-bond acceptors (Lipinski definition) is 3. The summed E-state index contributed by atoms with van der Waals surface area (Å²) in [5, 5.41) is 10.7. The maximum Gasteiger partial charge on any atom is 0.276 e. The number of rotatable bonds is 4. The van der Waals surface area contributed by atoms with Crippen LogP contribution in [-0.4, -0.2) is 38.6 Å². The zero-order valence-electron chi connectivity index (χ0n) is 16.5. The zero-order valence-corrected chi connectivity index (χ0v) is 16.5. The molecule has 0 spiro atoms. The van der Waals surface area contributed by atoms with Crippen molar-refractivity contribution in [3.63, 3.8) is 0 Å². The van der Waals surface area contributed by atoms with Gasteiger partial charge in [-0.25, -0.2) is 4.68 Å². The SMILES string of the molecule is Cc1c(CN2CC[C@H](c3ccccc3)[C@H](O)C2)c(=O)n(-c2ccccc2)n1C. The fourth-order valence-corrected chi connectivity index (χ4v) is 4.26. The number of nitrogens with zero attached hydrogens (tertiary/aromatic N) is 3. The molecule has 1 fully saturated rings. The number of likely N-dealkylation sites (tertiary alicyclic amines) is 1. The van der Waals surface area contributed by atoms with Gasteiger partial charge in [0.2, 0.25) is 0 Å². The molecule has 28 heavy (non-hydrogen) atoms. The Morgan fingerprint density at radius 3 is 2.32 bits per heavy atom. The van der Waals surface area contributed by atoms with E-state index in [1.54, 1.807) is 4.68 Å². The molecule has 4 rings (SSSR count). The van der Waals surface area contributed by atoms with E-state index in [2.05, 4.69) is 17.0 Å². The first-order valence-corrected chi connectivity index (χ1v) is 9.84. The number of para-hydroxylation sites is 1. The summed E-state index contributed by atoms with van der Waals surface area (Å²) in [7, 11) is 1.92. The van der Waals surface area contributed by atoms with Gasteiger partial charge in [-0.1, -0.05) is 48.5 Å². The van der Waals surface area contributed by atoms with Gasteiger partial charge in [-0.2, -0.15) is 0 Å². The summed E-state index contributed by atoms with van der Waals surface area (Å²) < 4.78 is 3.64. The number of piperidine rings is 1. The van der Waals surface area contributed by atoms with Gasteiger partial charge in [0.25, 0.3) is 5.56 Å². The average molecular weight is 377 g/mol. The third-order valence-electron chi connectivity index (χ3n) is 5.95. The Morgan fingerprint density at radius 2 is 1.68 bits per heavy atom. The molecular formula is C23H27N3O2. The summed E-state index contributed by atoms with van der Waals surface area (Å²) in [6.45, 7) is 4.01. The van der Waals surface area contributed by atoms with Gasteiger partial charge in [-0.15, -0.1) is 0 Å². The van der Waals surface area contributed by atoms with E-state index in [0.717, 1.165) is 29.9 Å². The highest BCUT2D eigenvalue weighted by atomic mass is 16.3. The summed E-state index contributed by atoms with van der Waals surface area (Å²) >= 11 is 0. The van der Waals surface area contributed by atoms with E-state index in [1.807, 2.05) is 67.2 Å². The maximum absolute atomic E-state index is 13.1. The fourth-order valence-electron chi connectivity index (χ4n) is 4.26. The van der Waals surface area contributed by atoms with E-state index in [0.29, 0.717) is 13.1 Å². The van der Waals surface area contributed by atoms with Crippen LogP contribution in [0.1, 0.15) is 29.2 Å². The van der Waals surface area contributed by atoms with Crippen molar-refractivity contribution >= 4 is 0 Å². The standard InChI is InChI=1S/C23H27N3O2/c1-17-21(23(28)26(24(17)2)19-11-7-4-8-12-19)15-25-14-13-20(22(27)16-25)18-9-5-3-6-10-18/h3-12,20,22,27H,13-16H2,1-2H3/t20-,22-/m1/s1. The number of aromatic nitrogens is 2. The Kier molecular flexibility index (Phi) is 5.20. The van der Waals surface area contributed by atoms with Crippen molar-refractivity contribution in [3.8, 4) is 5.69 Å². The molecule has 146 valence electrons. The van der Waals surface area contributed by atoms with E-state index in [1.165, 1.54) is 5.56 Å². The highest BCUT2D eigenvalue weighted by molar-refractivity contribution is 5.33. The normalized spacial score (nSPS) is 20.4. The van der Waals surface area contributed by atoms with Crippen molar-refractivity contribution in [2.75, 3.05) is 13.1 Å². The Morgan fingerprint density at radius 1 is 1.04 bits per heavy atom. The lowest BCUT2D eigenvalue weighted by atomic mass is 9.87. The summed E-state index contributed by atoms with van der Waals surface area (Å²) in [6.07, 6.45) is 0.473. The monoisotopic (exact) mass is 377 g/mol. The summed E-state index contributed by atoms with van der Waals surface area (Å²) in [6, 6.07) is 19.9. The molecule has 3 aromatic rings. The Balaban J connectivity index is 1.54. The Hall–Kier alpha value is -2.63. The third-order valence-corrected chi connectivity index (χ3v) is 5.95. The maximum atomic E-state index is 13.1. The summed E-state index contributed by atoms with van der Waals surface area (Å²) in [5.74, 6) is 0.162. The van der Waals surface area contributed by atoms with Crippen LogP contribution in [0.3, 0.4) is 0 Å². The molecule has 1 aliphatic rings. The molecule has 0 unspecified atom stereocenters. The molecule has 1 aromatic heterocycles. The predicted molar refractivity (Wildman–Crippen MR) is 111 cm³/mol. The quantitative estimate of drug-likeness (QED) is 0.761. The van der Waals surface area contributed by atoms with Gasteiger partial charge in [0.05, 0.1) is 17.4 Å². The van der Waals surface area contributed by atoms with Crippen molar-refractivity contribution in [2.24, 2.45) is 7.05 Å². The van der Waals surface area contributed by atoms with Gasteiger partial charge in [0.1, 0.15) is 0 Å². The minimum Gasteiger partial charge on any atom is -0.391 e. The van der Waals surface area contributed by atoms with Crippen LogP contribution in [0, 0.1) is 6.92 Å². The largest absolute Gasteiger partial charge is 0.391 e. The van der Waals surface area contributed by atoms with Crippen LogP contribution in [-0.2, 0) is 13.6 Å². The molecule has 5 heteroatoms. The molecule has 1 N–H and O–H groups in total. The van der Waals surface area contributed by atoms with Crippen molar-refractivity contribution < 1.29 is 5.11 Å². The number of benzene rings is 2. The smallest absolute Gasteiger partial charge is 0.276 e. The van der Waals surface area contributed by atoms with Gasteiger partial charge in [0.15, 0.2) is 0 Å². The van der Waals surface area contributed by atoms with Crippen molar-refractivity contribution in [1.82, 2.24) is 14.3 Å². The van der Waals surface area contributed by atoms with Crippen LogP contribution in [0.25, 0.3) is 5.69 Å². The molecule has 2 heterocycles. The van der Waals surface area contributed by atoms with Crippen molar-refractivity contribution in [3.05, 3.63) is 87.8 Å². The zero-order chi connectivity index (χ0) is 19.7. The molecule has 0 aliphatic carbocycles. The van der Waals surface area contributed by atoms with Gasteiger partial charge < -0.3 is 5.11 Å². The van der Waals surface area contributed by atoms with Crippen LogP contribution in [0.4, 0.5) is 0 Å². The molecule has 0 amide bonds. The van der Waals surface area contributed by atoms with Gasteiger partial charge >= 0.3 is 0 Å². The molecule has 0 bridgehead atoms. The van der Waals surface area contributed by atoms with E-state index in [4.69, 9.17) is 0 Å². The lowest BCUT2D eigenvalue weighted by molar-refractivity contribution is 0.0474. The molecule has 0 saturated carbocycles. The molecule has 1 saturated heterocycles. The van der Waals surface area contributed by atoms with Crippen LogP contribution in [0.2, 0.25) is 0 Å². The number of aliphatic hydroxyl groups is 1. The van der Waals surface area contributed by atoms with Crippen LogP contribution >= 0.6 is 0 Å². The lowest BCUT2D eigenvalue weighted by Gasteiger charge is -2.36. The first kappa shape index (κ1) is 18.7. The Bertz CT molecular complexity index is 992. The predicted octanol–water partition coefficient (Wildman–Crippen LogP) is 2.83. The van der Waals surface area contributed by atoms with Crippen molar-refractivity contribution in [2.45, 2.75) is 31.9 Å². The highest BCUT2D eigenvalue weighted by Crippen LogP contribution is 2.29. The second-order valence-electron chi connectivity index (χ2n) is 7.65. The number of hydrogen-bond donors (Lipinski definition) is 1. The second kappa shape index (κ2) is 7.78. The minimum absolute atomic E-state index is 0.0193. The van der Waals surface area contributed by atoms with E-state index in [-0.39, 0.29) is 11.5 Å². The van der Waals surface area contributed by atoms with Crippen LogP contribution in [0.5, 0.6) is 0 Å². The highest BCUT2D eigenvalue weighted by Gasteiger charge is 2.30. The van der Waals surface area contributed by atoms with Crippen molar-refractivity contribution in [1.29, 1.82) is 0 Å². The van der Waals surface area contributed by atoms with Gasteiger partial charge in [-0.05, 0) is 37.6 Å². The summed E-state index contributed by atoms with van der Waals surface area (Å²) in [5.41, 5.74) is 3.85. The number of aliphatic hydroxyl groups excluding tert-OH is 1. The summed E-state index contributed by atoms with van der Waals surface area (Å²) in [4.78, 5) is 15.3. The topological polar surface area (TPSA) is 50.4 Å². The van der Waals surface area contributed by atoms with E-state index >= 15 is 0 Å². The average Bonchev–Trinajstić information content (AvgIpc) is 2.93. The van der Waals surface area contributed by atoms with Gasteiger partial charge in [0, 0.05) is 31.7 Å². The number of β-amino-alcohol motifs (C(OH)–C–C–N with tert-alkyl or cyclic N) is 1. The first-order chi connectivity index (χ1) is 13.6. The van der Waals surface area contributed by atoms with Crippen LogP contribution < -0.4 is 5.56 Å². The molecule has 2 aromatic carbocycles.